The summed E-state index contributed by atoms with van der Waals surface area (Å²) >= 11 is 0. The highest BCUT2D eigenvalue weighted by molar-refractivity contribution is 6.12. The number of carbonyl (C=O) groups is 2. The van der Waals surface area contributed by atoms with Crippen LogP contribution in [0.25, 0.3) is 0 Å². The smallest absolute Gasteiger partial charge is 0.339 e. The molecule has 0 aliphatic carbocycles. The zero-order valence-electron chi connectivity index (χ0n) is 6.52. The average molecular weight is 178 g/mol. The Morgan fingerprint density at radius 2 is 2.38 bits per heavy atom. The molecule has 2 aliphatic heterocycles. The van der Waals surface area contributed by atoms with Gasteiger partial charge in [-0.2, -0.15) is 0 Å². The van der Waals surface area contributed by atoms with Gasteiger partial charge in [0.05, 0.1) is 11.3 Å². The molecule has 0 bridgehead atoms. The lowest BCUT2D eigenvalue weighted by Crippen LogP contribution is -2.31. The van der Waals surface area contributed by atoms with E-state index >= 15 is 0 Å². The molecule has 2 aliphatic rings. The summed E-state index contributed by atoms with van der Waals surface area (Å²) in [7, 11) is 0. The molecule has 0 aromatic rings. The lowest BCUT2D eigenvalue weighted by atomic mass is 10.1. The molecule has 2 rings (SSSR count). The van der Waals surface area contributed by atoms with Gasteiger partial charge in [0.15, 0.2) is 0 Å². The number of carbonyl (C=O) groups excluding carboxylic acids is 1. The second kappa shape index (κ2) is 2.55. The van der Waals surface area contributed by atoms with Crippen molar-refractivity contribution in [1.82, 2.24) is 5.32 Å². The molecular formula is C8H6N2O3. The molecule has 2 heterocycles. The Kier molecular flexibility index (Phi) is 1.51. The van der Waals surface area contributed by atoms with Crippen molar-refractivity contribution >= 4 is 18.1 Å². The van der Waals surface area contributed by atoms with E-state index < -0.39 is 5.97 Å². The van der Waals surface area contributed by atoms with E-state index in [0.29, 0.717) is 5.70 Å². The number of amides is 1. The van der Waals surface area contributed by atoms with Crippen LogP contribution in [-0.4, -0.2) is 29.2 Å². The van der Waals surface area contributed by atoms with Gasteiger partial charge in [0.2, 0.25) is 5.91 Å². The Morgan fingerprint density at radius 1 is 1.62 bits per heavy atom. The normalized spacial score (nSPS) is 24.6. The number of nitrogens with zero attached hydrogens (tertiary/aromatic N) is 1. The maximum absolute atomic E-state index is 10.9. The van der Waals surface area contributed by atoms with Crippen molar-refractivity contribution in [1.29, 1.82) is 0 Å². The quantitative estimate of drug-likeness (QED) is 0.566. The van der Waals surface area contributed by atoms with Gasteiger partial charge in [0.25, 0.3) is 0 Å². The molecule has 1 atom stereocenters. The summed E-state index contributed by atoms with van der Waals surface area (Å²) < 4.78 is 0. The third-order valence-corrected chi connectivity index (χ3v) is 1.87. The van der Waals surface area contributed by atoms with Gasteiger partial charge in [-0.1, -0.05) is 0 Å². The largest absolute Gasteiger partial charge is 0.478 e. The van der Waals surface area contributed by atoms with Gasteiger partial charge in [0, 0.05) is 12.3 Å². The van der Waals surface area contributed by atoms with Crippen molar-refractivity contribution in [2.45, 2.75) is 6.04 Å². The highest BCUT2D eigenvalue weighted by atomic mass is 16.4. The van der Waals surface area contributed by atoms with Crippen LogP contribution in [0, 0.1) is 0 Å². The van der Waals surface area contributed by atoms with E-state index in [1.165, 1.54) is 12.3 Å². The van der Waals surface area contributed by atoms with Gasteiger partial charge in [-0.05, 0) is 6.08 Å². The van der Waals surface area contributed by atoms with Crippen LogP contribution in [0.1, 0.15) is 0 Å². The highest BCUT2D eigenvalue weighted by Crippen LogP contribution is 2.19. The molecule has 5 nitrogen and oxygen atoms in total. The molecule has 1 amide bonds. The van der Waals surface area contributed by atoms with Crippen LogP contribution in [0.3, 0.4) is 0 Å². The lowest BCUT2D eigenvalue weighted by molar-refractivity contribution is -0.132. The fraction of sp³-hybridized carbons (Fsp3) is 0.125. The van der Waals surface area contributed by atoms with Gasteiger partial charge < -0.3 is 10.4 Å². The fourth-order valence-corrected chi connectivity index (χ4v) is 1.27. The van der Waals surface area contributed by atoms with Crippen molar-refractivity contribution in [3.63, 3.8) is 0 Å². The van der Waals surface area contributed by atoms with Crippen LogP contribution < -0.4 is 5.32 Å². The molecule has 13 heavy (non-hydrogen) atoms. The highest BCUT2D eigenvalue weighted by Gasteiger charge is 2.27. The summed E-state index contributed by atoms with van der Waals surface area (Å²) in [5.74, 6) is -1.38. The predicted octanol–water partition coefficient (Wildman–Crippen LogP) is -0.536. The Morgan fingerprint density at radius 3 is 3.08 bits per heavy atom. The molecule has 0 aromatic carbocycles. The Balaban J connectivity index is 2.44. The first-order valence-electron chi connectivity index (χ1n) is 3.68. The minimum atomic E-state index is -1.07. The zero-order chi connectivity index (χ0) is 9.42. The fourth-order valence-electron chi connectivity index (χ4n) is 1.27. The summed E-state index contributed by atoms with van der Waals surface area (Å²) in [5.41, 5.74) is 0.419. The molecule has 0 spiro atoms. The minimum Gasteiger partial charge on any atom is -0.478 e. The van der Waals surface area contributed by atoms with E-state index in [4.69, 9.17) is 5.11 Å². The van der Waals surface area contributed by atoms with E-state index in [1.54, 1.807) is 6.08 Å². The SMILES string of the molecule is O=C1C=CC2N=CC(C(=O)O)=C2N1. The zero-order valence-corrected chi connectivity index (χ0v) is 6.52. The first-order valence-corrected chi connectivity index (χ1v) is 3.68. The summed E-state index contributed by atoms with van der Waals surface area (Å²) in [5, 5.41) is 11.2. The van der Waals surface area contributed by atoms with Crippen LogP contribution in [0.2, 0.25) is 0 Å². The van der Waals surface area contributed by atoms with Crippen LogP contribution in [0.15, 0.2) is 28.4 Å². The van der Waals surface area contributed by atoms with Crippen molar-refractivity contribution in [3.8, 4) is 0 Å². The number of fused-ring (bicyclic) bond motifs is 1. The van der Waals surface area contributed by atoms with E-state index in [-0.39, 0.29) is 17.5 Å². The average Bonchev–Trinajstić information content (AvgIpc) is 2.46. The van der Waals surface area contributed by atoms with Gasteiger partial charge in [-0.3, -0.25) is 9.79 Å². The number of hydrogen-bond donors (Lipinski definition) is 2. The van der Waals surface area contributed by atoms with Gasteiger partial charge in [-0.15, -0.1) is 0 Å². The molecule has 5 heteroatoms. The van der Waals surface area contributed by atoms with Crippen molar-refractivity contribution in [2.75, 3.05) is 0 Å². The number of aliphatic carboxylic acids is 1. The van der Waals surface area contributed by atoms with Crippen molar-refractivity contribution < 1.29 is 14.7 Å². The number of hydrogen-bond acceptors (Lipinski definition) is 3. The predicted molar refractivity (Wildman–Crippen MR) is 44.2 cm³/mol. The van der Waals surface area contributed by atoms with Crippen LogP contribution in [0.5, 0.6) is 0 Å². The van der Waals surface area contributed by atoms with Crippen LogP contribution in [-0.2, 0) is 9.59 Å². The molecule has 1 unspecified atom stereocenters. The Labute approximate surface area is 73.5 Å². The topological polar surface area (TPSA) is 78.8 Å². The van der Waals surface area contributed by atoms with Crippen molar-refractivity contribution in [3.05, 3.63) is 23.4 Å². The van der Waals surface area contributed by atoms with Gasteiger partial charge in [-0.25, -0.2) is 4.79 Å². The number of rotatable bonds is 1. The summed E-state index contributed by atoms with van der Waals surface area (Å²) in [6.07, 6.45) is 4.18. The molecule has 0 aromatic heterocycles. The third kappa shape index (κ3) is 1.14. The minimum absolute atomic E-state index is 0.0581. The summed E-state index contributed by atoms with van der Waals surface area (Å²) in [4.78, 5) is 25.4. The van der Waals surface area contributed by atoms with E-state index in [1.807, 2.05) is 0 Å². The maximum atomic E-state index is 10.9. The van der Waals surface area contributed by atoms with Crippen LogP contribution >= 0.6 is 0 Å². The molecule has 0 saturated carbocycles. The monoisotopic (exact) mass is 178 g/mol. The third-order valence-electron chi connectivity index (χ3n) is 1.87. The first kappa shape index (κ1) is 7.72. The number of carboxylic acids is 1. The molecule has 0 fully saturated rings. The molecule has 2 N–H and O–H groups in total. The second-order valence-electron chi connectivity index (χ2n) is 2.70. The number of aliphatic imine (C=N–C) groups is 1. The Hall–Kier alpha value is -1.91. The van der Waals surface area contributed by atoms with E-state index in [9.17, 15) is 9.59 Å². The molecule has 0 radical (unpaired) electrons. The standard InChI is InChI=1S/C8H6N2O3/c11-6-2-1-5-7(10-6)4(3-9-5)8(12)13/h1-3,5H,(H,10,11)(H,12,13). The van der Waals surface area contributed by atoms with Crippen molar-refractivity contribution in [2.24, 2.45) is 4.99 Å². The number of carboxylic acid groups (broad SMARTS) is 1. The van der Waals surface area contributed by atoms with Gasteiger partial charge >= 0.3 is 5.97 Å². The van der Waals surface area contributed by atoms with Gasteiger partial charge in [0.1, 0.15) is 6.04 Å². The molecule has 66 valence electrons. The van der Waals surface area contributed by atoms with Crippen LogP contribution in [0.4, 0.5) is 0 Å². The molecular weight excluding hydrogens is 172 g/mol. The second-order valence-corrected chi connectivity index (χ2v) is 2.70. The van der Waals surface area contributed by atoms with E-state index in [2.05, 4.69) is 10.3 Å². The summed E-state index contributed by atoms with van der Waals surface area (Å²) in [6.45, 7) is 0. The lowest BCUT2D eigenvalue weighted by Gasteiger charge is -2.14. The summed E-state index contributed by atoms with van der Waals surface area (Å²) in [6, 6.07) is -0.330. The van der Waals surface area contributed by atoms with E-state index in [0.717, 1.165) is 0 Å². The first-order chi connectivity index (χ1) is 6.18. The number of nitrogens with one attached hydrogen (secondary N) is 1. The molecule has 0 saturated heterocycles. The Bertz CT molecular complexity index is 379. The maximum Gasteiger partial charge on any atom is 0.339 e.